The molecule has 0 spiro atoms. The number of hydrogen-bond donors (Lipinski definition) is 1. The topological polar surface area (TPSA) is 81.9 Å². The van der Waals surface area contributed by atoms with Crippen LogP contribution >= 0.6 is 0 Å². The van der Waals surface area contributed by atoms with Crippen LogP contribution in [0.1, 0.15) is 34.0 Å². The molecule has 3 aromatic rings. The highest BCUT2D eigenvalue weighted by atomic mass is 16.5. The second-order valence-electron chi connectivity index (χ2n) is 6.60. The van der Waals surface area contributed by atoms with Crippen LogP contribution in [0.4, 0.5) is 0 Å². The SMILES string of the molecule is COc1ccc(C(=O)NC2CCc3nnc(Cc4ccccc4)n3C2)cn1. The maximum atomic E-state index is 12.5. The van der Waals surface area contributed by atoms with E-state index in [4.69, 9.17) is 4.74 Å². The molecule has 1 N–H and O–H groups in total. The van der Waals surface area contributed by atoms with E-state index < -0.39 is 0 Å². The Labute approximate surface area is 157 Å². The number of carbonyl (C=O) groups is 1. The number of methoxy groups -OCH3 is 1. The van der Waals surface area contributed by atoms with Gasteiger partial charge in [-0.2, -0.15) is 0 Å². The molecule has 1 aliphatic rings. The van der Waals surface area contributed by atoms with Crippen molar-refractivity contribution in [1.29, 1.82) is 0 Å². The molecule has 0 bridgehead atoms. The number of benzene rings is 1. The van der Waals surface area contributed by atoms with Crippen molar-refractivity contribution in [2.24, 2.45) is 0 Å². The summed E-state index contributed by atoms with van der Waals surface area (Å²) in [6, 6.07) is 13.7. The minimum Gasteiger partial charge on any atom is -0.481 e. The third-order valence-corrected chi connectivity index (χ3v) is 4.77. The van der Waals surface area contributed by atoms with Crippen LogP contribution in [0.3, 0.4) is 0 Å². The summed E-state index contributed by atoms with van der Waals surface area (Å²) in [6.07, 6.45) is 3.91. The minimum absolute atomic E-state index is 0.0395. The van der Waals surface area contributed by atoms with Gasteiger partial charge in [0.05, 0.1) is 12.7 Å². The molecule has 0 radical (unpaired) electrons. The van der Waals surface area contributed by atoms with Gasteiger partial charge in [-0.15, -0.1) is 10.2 Å². The van der Waals surface area contributed by atoms with Crippen LogP contribution in [0.25, 0.3) is 0 Å². The lowest BCUT2D eigenvalue weighted by molar-refractivity contribution is 0.0927. The third kappa shape index (κ3) is 3.81. The molecule has 1 unspecified atom stereocenters. The molecular formula is C20H21N5O2. The summed E-state index contributed by atoms with van der Waals surface area (Å²) in [6.45, 7) is 0.680. The molecule has 0 fully saturated rings. The quantitative estimate of drug-likeness (QED) is 0.750. The first-order valence-electron chi connectivity index (χ1n) is 8.98. The normalized spacial score (nSPS) is 15.8. The van der Waals surface area contributed by atoms with Crippen LogP contribution in [0.15, 0.2) is 48.7 Å². The zero-order valence-corrected chi connectivity index (χ0v) is 15.1. The molecule has 2 aromatic heterocycles. The molecule has 7 heteroatoms. The van der Waals surface area contributed by atoms with Gasteiger partial charge >= 0.3 is 0 Å². The molecular weight excluding hydrogens is 342 g/mol. The van der Waals surface area contributed by atoms with Crippen LogP contribution in [0.5, 0.6) is 5.88 Å². The molecule has 7 nitrogen and oxygen atoms in total. The van der Waals surface area contributed by atoms with Gasteiger partial charge < -0.3 is 14.6 Å². The van der Waals surface area contributed by atoms with E-state index in [0.29, 0.717) is 18.0 Å². The van der Waals surface area contributed by atoms with Crippen molar-refractivity contribution in [2.45, 2.75) is 31.8 Å². The summed E-state index contributed by atoms with van der Waals surface area (Å²) < 4.78 is 7.16. The number of aryl methyl sites for hydroxylation is 1. The standard InChI is InChI=1S/C20H21N5O2/c1-27-19-10-7-15(12-21-19)20(26)22-16-8-9-17-23-24-18(25(17)13-16)11-14-5-3-2-4-6-14/h2-7,10,12,16H,8-9,11,13H2,1H3,(H,22,26). The largest absolute Gasteiger partial charge is 0.481 e. The number of pyridine rings is 1. The van der Waals surface area contributed by atoms with Gasteiger partial charge in [0.15, 0.2) is 0 Å². The summed E-state index contributed by atoms with van der Waals surface area (Å²) in [5, 5.41) is 11.8. The number of amides is 1. The average Bonchev–Trinajstić information content (AvgIpc) is 3.11. The van der Waals surface area contributed by atoms with Crippen molar-refractivity contribution >= 4 is 5.91 Å². The Morgan fingerprint density at radius 3 is 2.81 bits per heavy atom. The first-order chi connectivity index (χ1) is 13.2. The zero-order valence-electron chi connectivity index (χ0n) is 15.1. The number of aromatic nitrogens is 4. The molecule has 1 amide bonds. The van der Waals surface area contributed by atoms with Gasteiger partial charge in [-0.05, 0) is 18.1 Å². The number of ether oxygens (including phenoxy) is 1. The Kier molecular flexibility index (Phi) is 4.82. The minimum atomic E-state index is -0.128. The number of nitrogens with zero attached hydrogens (tertiary/aromatic N) is 4. The summed E-state index contributed by atoms with van der Waals surface area (Å²) in [5.74, 6) is 2.28. The maximum Gasteiger partial charge on any atom is 0.253 e. The summed E-state index contributed by atoms with van der Waals surface area (Å²) in [4.78, 5) is 16.6. The highest BCUT2D eigenvalue weighted by Gasteiger charge is 2.24. The lowest BCUT2D eigenvalue weighted by Crippen LogP contribution is -2.41. The molecule has 27 heavy (non-hydrogen) atoms. The summed E-state index contributed by atoms with van der Waals surface area (Å²) in [5.41, 5.74) is 1.72. The van der Waals surface area contributed by atoms with Gasteiger partial charge in [-0.3, -0.25) is 4.79 Å². The molecule has 4 rings (SSSR count). The lowest BCUT2D eigenvalue weighted by atomic mass is 10.1. The van der Waals surface area contributed by atoms with Gasteiger partial charge in [0.25, 0.3) is 5.91 Å². The Bertz CT molecular complexity index is 921. The molecule has 3 heterocycles. The van der Waals surface area contributed by atoms with E-state index in [0.717, 1.165) is 30.9 Å². The number of hydrogen-bond acceptors (Lipinski definition) is 5. The predicted octanol–water partition coefficient (Wildman–Crippen LogP) is 2.02. The fourth-order valence-electron chi connectivity index (χ4n) is 3.31. The van der Waals surface area contributed by atoms with Gasteiger partial charge in [0.2, 0.25) is 5.88 Å². The van der Waals surface area contributed by atoms with E-state index in [-0.39, 0.29) is 11.9 Å². The van der Waals surface area contributed by atoms with E-state index in [9.17, 15) is 4.79 Å². The second kappa shape index (κ2) is 7.57. The molecule has 0 aliphatic carbocycles. The fourth-order valence-corrected chi connectivity index (χ4v) is 3.31. The molecule has 138 valence electrons. The highest BCUT2D eigenvalue weighted by Crippen LogP contribution is 2.18. The predicted molar refractivity (Wildman–Crippen MR) is 99.6 cm³/mol. The molecule has 0 saturated heterocycles. The monoisotopic (exact) mass is 363 g/mol. The number of rotatable bonds is 5. The summed E-state index contributed by atoms with van der Waals surface area (Å²) in [7, 11) is 1.55. The van der Waals surface area contributed by atoms with Gasteiger partial charge in [-0.1, -0.05) is 30.3 Å². The molecule has 0 saturated carbocycles. The van der Waals surface area contributed by atoms with Crippen molar-refractivity contribution in [2.75, 3.05) is 7.11 Å². The lowest BCUT2D eigenvalue weighted by Gasteiger charge is -2.25. The first kappa shape index (κ1) is 17.2. The van der Waals surface area contributed by atoms with E-state index >= 15 is 0 Å². The fraction of sp³-hybridized carbons (Fsp3) is 0.300. The van der Waals surface area contributed by atoms with E-state index in [1.807, 2.05) is 18.2 Å². The Morgan fingerprint density at radius 1 is 1.22 bits per heavy atom. The van der Waals surface area contributed by atoms with E-state index in [1.165, 1.54) is 11.8 Å². The Balaban J connectivity index is 1.44. The van der Waals surface area contributed by atoms with Crippen molar-refractivity contribution in [3.8, 4) is 5.88 Å². The molecule has 1 aliphatic heterocycles. The zero-order chi connectivity index (χ0) is 18.6. The third-order valence-electron chi connectivity index (χ3n) is 4.77. The van der Waals surface area contributed by atoms with Crippen molar-refractivity contribution < 1.29 is 9.53 Å². The van der Waals surface area contributed by atoms with Gasteiger partial charge in [-0.25, -0.2) is 4.98 Å². The van der Waals surface area contributed by atoms with Crippen molar-refractivity contribution in [1.82, 2.24) is 25.1 Å². The van der Waals surface area contributed by atoms with Crippen LogP contribution in [-0.2, 0) is 19.4 Å². The second-order valence-corrected chi connectivity index (χ2v) is 6.60. The van der Waals surface area contributed by atoms with Crippen LogP contribution in [0.2, 0.25) is 0 Å². The Morgan fingerprint density at radius 2 is 2.07 bits per heavy atom. The molecule has 1 atom stereocenters. The van der Waals surface area contributed by atoms with E-state index in [2.05, 4.69) is 37.2 Å². The van der Waals surface area contributed by atoms with Crippen LogP contribution in [0, 0.1) is 0 Å². The molecule has 1 aromatic carbocycles. The number of fused-ring (bicyclic) bond motifs is 1. The van der Waals surface area contributed by atoms with Crippen LogP contribution in [-0.4, -0.2) is 38.8 Å². The maximum absolute atomic E-state index is 12.5. The highest BCUT2D eigenvalue weighted by molar-refractivity contribution is 5.94. The smallest absolute Gasteiger partial charge is 0.253 e. The average molecular weight is 363 g/mol. The van der Waals surface area contributed by atoms with Gasteiger partial charge in [0.1, 0.15) is 11.6 Å². The first-order valence-corrected chi connectivity index (χ1v) is 8.98. The summed E-state index contributed by atoms with van der Waals surface area (Å²) >= 11 is 0. The van der Waals surface area contributed by atoms with Gasteiger partial charge in [0, 0.05) is 37.7 Å². The van der Waals surface area contributed by atoms with Crippen LogP contribution < -0.4 is 10.1 Å². The van der Waals surface area contributed by atoms with Crippen molar-refractivity contribution in [3.05, 3.63) is 71.4 Å². The number of nitrogens with one attached hydrogen (secondary N) is 1. The van der Waals surface area contributed by atoms with E-state index in [1.54, 1.807) is 19.2 Å². The number of carbonyl (C=O) groups excluding carboxylic acids is 1. The Hall–Kier alpha value is -3.22. The van der Waals surface area contributed by atoms with Crippen molar-refractivity contribution in [3.63, 3.8) is 0 Å².